The predicted octanol–water partition coefficient (Wildman–Crippen LogP) is 1.64. The average Bonchev–Trinajstić information content (AvgIpc) is 2.78. The summed E-state index contributed by atoms with van der Waals surface area (Å²) >= 11 is 5.70. The minimum Gasteiger partial charge on any atom is -0.376 e. The molecule has 5 heteroatoms. The number of pyridine rings is 1. The molecule has 1 aliphatic rings. The van der Waals surface area contributed by atoms with E-state index in [-0.39, 0.29) is 12.0 Å². The van der Waals surface area contributed by atoms with E-state index in [0.29, 0.717) is 17.4 Å². The van der Waals surface area contributed by atoms with Crippen molar-refractivity contribution in [1.82, 2.24) is 10.3 Å². The van der Waals surface area contributed by atoms with E-state index in [1.54, 1.807) is 18.2 Å². The van der Waals surface area contributed by atoms with Gasteiger partial charge in [0, 0.05) is 13.2 Å². The lowest BCUT2D eigenvalue weighted by Gasteiger charge is -2.10. The van der Waals surface area contributed by atoms with Crippen LogP contribution in [0.2, 0.25) is 5.15 Å². The number of aromatic nitrogens is 1. The highest BCUT2D eigenvalue weighted by Gasteiger charge is 2.16. The van der Waals surface area contributed by atoms with Crippen LogP contribution in [-0.2, 0) is 4.74 Å². The standard InChI is InChI=1S/C11H13ClN2O2/c12-10-5-1-4-9(14-10)11(15)13-7-8-3-2-6-16-8/h1,4-5,8H,2-3,6-7H2,(H,13,15). The van der Waals surface area contributed by atoms with E-state index in [4.69, 9.17) is 16.3 Å². The number of hydrogen-bond donors (Lipinski definition) is 1. The summed E-state index contributed by atoms with van der Waals surface area (Å²) in [6.45, 7) is 1.32. The number of hydrogen-bond acceptors (Lipinski definition) is 3. The van der Waals surface area contributed by atoms with Gasteiger partial charge in [0.05, 0.1) is 6.10 Å². The van der Waals surface area contributed by atoms with Gasteiger partial charge >= 0.3 is 0 Å². The maximum Gasteiger partial charge on any atom is 0.270 e. The molecule has 0 aromatic carbocycles. The van der Waals surface area contributed by atoms with Crippen LogP contribution in [0.1, 0.15) is 23.3 Å². The van der Waals surface area contributed by atoms with Crippen LogP contribution in [-0.4, -0.2) is 30.1 Å². The normalized spacial score (nSPS) is 19.7. The number of halogens is 1. The molecule has 0 saturated carbocycles. The van der Waals surface area contributed by atoms with Gasteiger partial charge in [-0.15, -0.1) is 0 Å². The lowest BCUT2D eigenvalue weighted by molar-refractivity contribution is 0.0853. The Balaban J connectivity index is 1.87. The third-order valence-electron chi connectivity index (χ3n) is 2.46. The number of amides is 1. The SMILES string of the molecule is O=C(NCC1CCCO1)c1cccc(Cl)n1. The molecule has 2 rings (SSSR count). The second kappa shape index (κ2) is 5.27. The highest BCUT2D eigenvalue weighted by atomic mass is 35.5. The number of nitrogens with zero attached hydrogens (tertiary/aromatic N) is 1. The number of carbonyl (C=O) groups excluding carboxylic acids is 1. The molecule has 1 saturated heterocycles. The van der Waals surface area contributed by atoms with Crippen molar-refractivity contribution in [2.45, 2.75) is 18.9 Å². The van der Waals surface area contributed by atoms with Gasteiger partial charge in [-0.05, 0) is 25.0 Å². The summed E-state index contributed by atoms with van der Waals surface area (Å²) in [5.74, 6) is -0.210. The van der Waals surface area contributed by atoms with Crippen molar-refractivity contribution < 1.29 is 9.53 Å². The highest BCUT2D eigenvalue weighted by molar-refractivity contribution is 6.29. The van der Waals surface area contributed by atoms with Gasteiger partial charge in [0.25, 0.3) is 5.91 Å². The molecular formula is C11H13ClN2O2. The highest BCUT2D eigenvalue weighted by Crippen LogP contribution is 2.11. The fourth-order valence-electron chi connectivity index (χ4n) is 1.64. The average molecular weight is 241 g/mol. The van der Waals surface area contributed by atoms with Gasteiger partial charge in [0.15, 0.2) is 0 Å². The summed E-state index contributed by atoms with van der Waals surface area (Å²) in [4.78, 5) is 15.6. The summed E-state index contributed by atoms with van der Waals surface area (Å²) in [5, 5.41) is 3.11. The summed E-state index contributed by atoms with van der Waals surface area (Å²) in [6.07, 6.45) is 2.21. The Morgan fingerprint density at radius 1 is 1.62 bits per heavy atom. The Bertz CT molecular complexity index is 378. The molecule has 1 fully saturated rings. The molecule has 2 heterocycles. The maximum absolute atomic E-state index is 11.7. The molecule has 0 radical (unpaired) electrons. The van der Waals surface area contributed by atoms with Crippen molar-refractivity contribution in [3.8, 4) is 0 Å². The molecule has 86 valence electrons. The number of ether oxygens (including phenoxy) is 1. The molecule has 1 aliphatic heterocycles. The molecule has 1 atom stereocenters. The van der Waals surface area contributed by atoms with Gasteiger partial charge in [0.2, 0.25) is 0 Å². The van der Waals surface area contributed by atoms with E-state index in [2.05, 4.69) is 10.3 Å². The smallest absolute Gasteiger partial charge is 0.270 e. The number of carbonyl (C=O) groups is 1. The Morgan fingerprint density at radius 3 is 3.19 bits per heavy atom. The molecular weight excluding hydrogens is 228 g/mol. The van der Waals surface area contributed by atoms with Crippen LogP contribution in [0.4, 0.5) is 0 Å². The fourth-order valence-corrected chi connectivity index (χ4v) is 1.80. The van der Waals surface area contributed by atoms with Gasteiger partial charge in [0.1, 0.15) is 10.8 Å². The summed E-state index contributed by atoms with van der Waals surface area (Å²) in [7, 11) is 0. The zero-order valence-electron chi connectivity index (χ0n) is 8.78. The van der Waals surface area contributed by atoms with Crippen molar-refractivity contribution in [1.29, 1.82) is 0 Å². The van der Waals surface area contributed by atoms with Crippen molar-refractivity contribution in [3.63, 3.8) is 0 Å². The monoisotopic (exact) mass is 240 g/mol. The zero-order chi connectivity index (χ0) is 11.4. The predicted molar refractivity (Wildman–Crippen MR) is 60.6 cm³/mol. The second-order valence-electron chi connectivity index (χ2n) is 3.69. The van der Waals surface area contributed by atoms with Crippen molar-refractivity contribution in [3.05, 3.63) is 29.0 Å². The topological polar surface area (TPSA) is 51.2 Å². The van der Waals surface area contributed by atoms with Crippen molar-refractivity contribution >= 4 is 17.5 Å². The molecule has 0 spiro atoms. The van der Waals surface area contributed by atoms with Gasteiger partial charge in [-0.3, -0.25) is 4.79 Å². The van der Waals surface area contributed by atoms with Crippen LogP contribution in [0.15, 0.2) is 18.2 Å². The fraction of sp³-hybridized carbons (Fsp3) is 0.455. The summed E-state index contributed by atoms with van der Waals surface area (Å²) in [5.41, 5.74) is 0.338. The van der Waals surface area contributed by atoms with Crippen molar-refractivity contribution in [2.24, 2.45) is 0 Å². The van der Waals surface area contributed by atoms with E-state index >= 15 is 0 Å². The summed E-state index contributed by atoms with van der Waals surface area (Å²) < 4.78 is 5.40. The van der Waals surface area contributed by atoms with Gasteiger partial charge in [-0.2, -0.15) is 0 Å². The van der Waals surface area contributed by atoms with Crippen LogP contribution < -0.4 is 5.32 Å². The van der Waals surface area contributed by atoms with Gasteiger partial charge < -0.3 is 10.1 Å². The molecule has 1 aromatic heterocycles. The first-order chi connectivity index (χ1) is 7.75. The summed E-state index contributed by atoms with van der Waals surface area (Å²) in [6, 6.07) is 4.98. The van der Waals surface area contributed by atoms with E-state index in [1.165, 1.54) is 0 Å². The van der Waals surface area contributed by atoms with Crippen LogP contribution >= 0.6 is 11.6 Å². The molecule has 0 aliphatic carbocycles. The van der Waals surface area contributed by atoms with Crippen molar-refractivity contribution in [2.75, 3.05) is 13.2 Å². The Labute approximate surface area is 99.0 Å². The van der Waals surface area contributed by atoms with Crippen LogP contribution in [0.3, 0.4) is 0 Å². The third-order valence-corrected chi connectivity index (χ3v) is 2.67. The van der Waals surface area contributed by atoms with Crippen LogP contribution in [0.5, 0.6) is 0 Å². The largest absolute Gasteiger partial charge is 0.376 e. The first-order valence-electron chi connectivity index (χ1n) is 5.28. The van der Waals surface area contributed by atoms with E-state index in [1.807, 2.05) is 0 Å². The van der Waals surface area contributed by atoms with Gasteiger partial charge in [-0.1, -0.05) is 17.7 Å². The quantitative estimate of drug-likeness (QED) is 0.818. The Hall–Kier alpha value is -1.13. The zero-order valence-corrected chi connectivity index (χ0v) is 9.54. The molecule has 16 heavy (non-hydrogen) atoms. The third kappa shape index (κ3) is 2.93. The van der Waals surface area contributed by atoms with E-state index in [0.717, 1.165) is 19.4 Å². The first-order valence-corrected chi connectivity index (χ1v) is 5.66. The molecule has 1 aromatic rings. The van der Waals surface area contributed by atoms with Crippen LogP contribution in [0.25, 0.3) is 0 Å². The number of rotatable bonds is 3. The lowest BCUT2D eigenvalue weighted by atomic mass is 10.2. The minimum atomic E-state index is -0.210. The molecule has 1 N–H and O–H groups in total. The van der Waals surface area contributed by atoms with E-state index in [9.17, 15) is 4.79 Å². The Morgan fingerprint density at radius 2 is 2.50 bits per heavy atom. The second-order valence-corrected chi connectivity index (χ2v) is 4.08. The maximum atomic E-state index is 11.7. The minimum absolute atomic E-state index is 0.142. The van der Waals surface area contributed by atoms with Crippen LogP contribution in [0, 0.1) is 0 Å². The molecule has 1 amide bonds. The molecule has 0 bridgehead atoms. The lowest BCUT2D eigenvalue weighted by Crippen LogP contribution is -2.32. The Kier molecular flexibility index (Phi) is 3.74. The van der Waals surface area contributed by atoms with Gasteiger partial charge in [-0.25, -0.2) is 4.98 Å². The van der Waals surface area contributed by atoms with E-state index < -0.39 is 0 Å². The first kappa shape index (κ1) is 11.4. The number of nitrogens with one attached hydrogen (secondary N) is 1. The molecule has 1 unspecified atom stereocenters. The molecule has 4 nitrogen and oxygen atoms in total.